The number of halogens is 2. The highest BCUT2D eigenvalue weighted by atomic mass is 35.5. The van der Waals surface area contributed by atoms with E-state index in [0.29, 0.717) is 38.7 Å². The third kappa shape index (κ3) is 4.65. The maximum absolute atomic E-state index is 12.4. The van der Waals surface area contributed by atoms with E-state index < -0.39 is 6.10 Å². The van der Waals surface area contributed by atoms with Crippen molar-refractivity contribution in [2.24, 2.45) is 0 Å². The quantitative estimate of drug-likeness (QED) is 0.745. The zero-order valence-electron chi connectivity index (χ0n) is 14.8. The molecule has 0 heterocycles. The second-order valence-electron chi connectivity index (χ2n) is 5.24. The van der Waals surface area contributed by atoms with Crippen LogP contribution in [0.2, 0.25) is 10.0 Å². The monoisotopic (exact) mass is 399 g/mol. The Labute approximate surface area is 161 Å². The van der Waals surface area contributed by atoms with Gasteiger partial charge in [0.2, 0.25) is 5.75 Å². The van der Waals surface area contributed by atoms with Crippen LogP contribution in [0, 0.1) is 0 Å². The largest absolute Gasteiger partial charge is 0.493 e. The number of rotatable bonds is 7. The van der Waals surface area contributed by atoms with E-state index in [1.807, 2.05) is 0 Å². The molecule has 2 rings (SSSR count). The van der Waals surface area contributed by atoms with Gasteiger partial charge in [-0.2, -0.15) is 0 Å². The summed E-state index contributed by atoms with van der Waals surface area (Å²) in [7, 11) is 4.50. The van der Waals surface area contributed by atoms with E-state index in [1.54, 1.807) is 37.3 Å². The van der Waals surface area contributed by atoms with Crippen molar-refractivity contribution in [3.63, 3.8) is 0 Å². The van der Waals surface area contributed by atoms with Gasteiger partial charge in [0.15, 0.2) is 17.6 Å². The Hall–Kier alpha value is -2.31. The standard InChI is InChI=1S/C18H19Cl2NO5/c1-10(26-14-6-5-11(19)7-13(14)20)18(22)21-12-8-15(23-2)17(25-4)16(9-12)24-3/h5-10H,1-4H3,(H,21,22). The molecule has 1 atom stereocenters. The molecule has 1 amide bonds. The molecule has 6 nitrogen and oxygen atoms in total. The van der Waals surface area contributed by atoms with Crippen molar-refractivity contribution in [1.82, 2.24) is 0 Å². The second kappa shape index (κ2) is 8.87. The van der Waals surface area contributed by atoms with E-state index in [4.69, 9.17) is 42.1 Å². The molecule has 0 spiro atoms. The third-order valence-corrected chi connectivity index (χ3v) is 4.03. The summed E-state index contributed by atoms with van der Waals surface area (Å²) in [4.78, 5) is 12.4. The first kappa shape index (κ1) is 20.0. The lowest BCUT2D eigenvalue weighted by atomic mass is 10.2. The number of hydrogen-bond acceptors (Lipinski definition) is 5. The number of carbonyl (C=O) groups excluding carboxylic acids is 1. The SMILES string of the molecule is COc1cc(NC(=O)C(C)Oc2ccc(Cl)cc2Cl)cc(OC)c1OC. The smallest absolute Gasteiger partial charge is 0.265 e. The number of amides is 1. The van der Waals surface area contributed by atoms with Crippen molar-refractivity contribution in [2.75, 3.05) is 26.6 Å². The molecule has 140 valence electrons. The van der Waals surface area contributed by atoms with E-state index in [2.05, 4.69) is 5.32 Å². The third-order valence-electron chi connectivity index (χ3n) is 3.50. The van der Waals surface area contributed by atoms with Gasteiger partial charge in [0.25, 0.3) is 5.91 Å². The molecular weight excluding hydrogens is 381 g/mol. The number of ether oxygens (including phenoxy) is 4. The second-order valence-corrected chi connectivity index (χ2v) is 6.08. The predicted molar refractivity (Wildman–Crippen MR) is 101 cm³/mol. The zero-order chi connectivity index (χ0) is 19.3. The van der Waals surface area contributed by atoms with Crippen LogP contribution in [-0.2, 0) is 4.79 Å². The maximum Gasteiger partial charge on any atom is 0.265 e. The molecule has 0 radical (unpaired) electrons. The molecule has 0 aromatic heterocycles. The average Bonchev–Trinajstić information content (AvgIpc) is 2.62. The van der Waals surface area contributed by atoms with Gasteiger partial charge in [-0.1, -0.05) is 23.2 Å². The van der Waals surface area contributed by atoms with Crippen LogP contribution in [0.4, 0.5) is 5.69 Å². The minimum Gasteiger partial charge on any atom is -0.493 e. The Morgan fingerprint density at radius 1 is 0.962 bits per heavy atom. The molecule has 0 aliphatic heterocycles. The number of carbonyl (C=O) groups is 1. The fourth-order valence-electron chi connectivity index (χ4n) is 2.21. The predicted octanol–water partition coefficient (Wildman–Crippen LogP) is 4.43. The van der Waals surface area contributed by atoms with E-state index in [1.165, 1.54) is 21.3 Å². The van der Waals surface area contributed by atoms with Crippen LogP contribution in [0.3, 0.4) is 0 Å². The fraction of sp³-hybridized carbons (Fsp3) is 0.278. The van der Waals surface area contributed by atoms with Crippen LogP contribution in [0.1, 0.15) is 6.92 Å². The summed E-state index contributed by atoms with van der Waals surface area (Å²) < 4.78 is 21.4. The van der Waals surface area contributed by atoms with Crippen molar-refractivity contribution in [2.45, 2.75) is 13.0 Å². The van der Waals surface area contributed by atoms with Crippen LogP contribution in [-0.4, -0.2) is 33.3 Å². The molecule has 2 aromatic rings. The van der Waals surface area contributed by atoms with Crippen LogP contribution in [0.15, 0.2) is 30.3 Å². The van der Waals surface area contributed by atoms with Crippen molar-refractivity contribution in [3.05, 3.63) is 40.4 Å². The summed E-state index contributed by atoms with van der Waals surface area (Å²) in [5.41, 5.74) is 0.474. The van der Waals surface area contributed by atoms with Crippen LogP contribution in [0.5, 0.6) is 23.0 Å². The number of nitrogens with one attached hydrogen (secondary N) is 1. The Bertz CT molecular complexity index is 772. The molecule has 0 bridgehead atoms. The summed E-state index contributed by atoms with van der Waals surface area (Å²) in [6.07, 6.45) is -0.798. The van der Waals surface area contributed by atoms with E-state index in [9.17, 15) is 4.79 Å². The molecule has 2 aromatic carbocycles. The van der Waals surface area contributed by atoms with Crippen LogP contribution >= 0.6 is 23.2 Å². The zero-order valence-corrected chi connectivity index (χ0v) is 16.3. The molecule has 0 saturated heterocycles. The van der Waals surface area contributed by atoms with Crippen molar-refractivity contribution >= 4 is 34.8 Å². The van der Waals surface area contributed by atoms with Gasteiger partial charge in [-0.05, 0) is 25.1 Å². The van der Waals surface area contributed by atoms with Gasteiger partial charge >= 0.3 is 0 Å². The van der Waals surface area contributed by atoms with Crippen molar-refractivity contribution in [3.8, 4) is 23.0 Å². The minimum absolute atomic E-state index is 0.324. The summed E-state index contributed by atoms with van der Waals surface area (Å²) in [6.45, 7) is 1.61. The average molecular weight is 400 g/mol. The first-order valence-electron chi connectivity index (χ1n) is 7.62. The van der Waals surface area contributed by atoms with Gasteiger partial charge in [0.05, 0.1) is 26.4 Å². The topological polar surface area (TPSA) is 66.0 Å². The van der Waals surface area contributed by atoms with E-state index in [0.717, 1.165) is 0 Å². The normalized spacial score (nSPS) is 11.5. The van der Waals surface area contributed by atoms with Gasteiger partial charge in [-0.3, -0.25) is 4.79 Å². The van der Waals surface area contributed by atoms with Gasteiger partial charge in [0.1, 0.15) is 5.75 Å². The molecule has 0 aliphatic rings. The Kier molecular flexibility index (Phi) is 6.83. The molecule has 0 aliphatic carbocycles. The molecule has 0 saturated carbocycles. The molecule has 26 heavy (non-hydrogen) atoms. The minimum atomic E-state index is -0.798. The summed E-state index contributed by atoms with van der Waals surface area (Å²) in [6, 6.07) is 8.03. The number of hydrogen-bond donors (Lipinski definition) is 1. The number of benzene rings is 2. The molecule has 8 heteroatoms. The van der Waals surface area contributed by atoms with Crippen LogP contribution in [0.25, 0.3) is 0 Å². The van der Waals surface area contributed by atoms with Gasteiger partial charge in [-0.15, -0.1) is 0 Å². The van der Waals surface area contributed by atoms with Gasteiger partial charge in [-0.25, -0.2) is 0 Å². The highest BCUT2D eigenvalue weighted by Gasteiger charge is 2.19. The summed E-state index contributed by atoms with van der Waals surface area (Å²) >= 11 is 11.9. The lowest BCUT2D eigenvalue weighted by Gasteiger charge is -2.18. The van der Waals surface area contributed by atoms with Crippen molar-refractivity contribution < 1.29 is 23.7 Å². The summed E-state index contributed by atoms with van der Waals surface area (Å²) in [5, 5.41) is 3.55. The highest BCUT2D eigenvalue weighted by molar-refractivity contribution is 6.35. The molecule has 1 N–H and O–H groups in total. The number of anilines is 1. The van der Waals surface area contributed by atoms with Gasteiger partial charge < -0.3 is 24.3 Å². The van der Waals surface area contributed by atoms with Gasteiger partial charge in [0, 0.05) is 22.8 Å². The maximum atomic E-state index is 12.4. The Balaban J connectivity index is 2.15. The Morgan fingerprint density at radius 2 is 1.58 bits per heavy atom. The first-order valence-corrected chi connectivity index (χ1v) is 8.37. The molecular formula is C18H19Cl2NO5. The summed E-state index contributed by atoms with van der Waals surface area (Å²) in [5.74, 6) is 1.28. The lowest BCUT2D eigenvalue weighted by molar-refractivity contribution is -0.122. The fourth-order valence-corrected chi connectivity index (χ4v) is 2.66. The van der Waals surface area contributed by atoms with E-state index in [-0.39, 0.29) is 5.91 Å². The molecule has 1 unspecified atom stereocenters. The Morgan fingerprint density at radius 3 is 2.08 bits per heavy atom. The van der Waals surface area contributed by atoms with Crippen molar-refractivity contribution in [1.29, 1.82) is 0 Å². The first-order chi connectivity index (χ1) is 12.4. The highest BCUT2D eigenvalue weighted by Crippen LogP contribution is 2.40. The van der Waals surface area contributed by atoms with E-state index >= 15 is 0 Å². The number of methoxy groups -OCH3 is 3. The molecule has 0 fully saturated rings. The van der Waals surface area contributed by atoms with Crippen LogP contribution < -0.4 is 24.3 Å². The lowest BCUT2D eigenvalue weighted by Crippen LogP contribution is -2.30.